The summed E-state index contributed by atoms with van der Waals surface area (Å²) >= 11 is 1.74. The number of nitrogens with zero attached hydrogens (tertiary/aromatic N) is 2. The first kappa shape index (κ1) is 13.3. The fraction of sp³-hybridized carbons (Fsp3) is 0.385. The van der Waals surface area contributed by atoms with Gasteiger partial charge >= 0.3 is 0 Å². The van der Waals surface area contributed by atoms with E-state index in [1.165, 1.54) is 0 Å². The lowest BCUT2D eigenvalue weighted by atomic mass is 10.2. The van der Waals surface area contributed by atoms with Crippen molar-refractivity contribution in [2.24, 2.45) is 5.73 Å². The number of rotatable bonds is 5. The molecule has 3 rings (SSSR count). The van der Waals surface area contributed by atoms with Crippen LogP contribution in [0.5, 0.6) is 11.5 Å². The summed E-state index contributed by atoms with van der Waals surface area (Å²) in [6.07, 6.45) is 2.85. The largest absolute Gasteiger partial charge is 0.454 e. The molecule has 0 fully saturated rings. The highest BCUT2D eigenvalue weighted by Gasteiger charge is 2.18. The number of aromatic nitrogens is 2. The molecule has 6 nitrogen and oxygen atoms in total. The molecule has 0 bridgehead atoms. The average Bonchev–Trinajstić information content (AvgIpc) is 3.12. The number of fused-ring (bicyclic) bond motifs is 1. The third-order valence-corrected chi connectivity index (χ3v) is 3.67. The Labute approximate surface area is 120 Å². The maximum absolute atomic E-state index is 6.01. The SMILES string of the molecule is CSCCC(N)c1nc(-c2ccc3c(c2)OCO3)no1. The highest BCUT2D eigenvalue weighted by atomic mass is 32.2. The van der Waals surface area contributed by atoms with Gasteiger partial charge in [-0.1, -0.05) is 5.16 Å². The standard InChI is InChI=1S/C13H15N3O3S/c1-20-5-4-9(14)13-15-12(16-19-13)8-2-3-10-11(6-8)18-7-17-10/h2-3,6,9H,4-5,7,14H2,1H3. The molecule has 1 aliphatic heterocycles. The van der Waals surface area contributed by atoms with Gasteiger partial charge in [0.1, 0.15) is 0 Å². The van der Waals surface area contributed by atoms with Crippen LogP contribution in [-0.2, 0) is 0 Å². The Morgan fingerprint density at radius 2 is 2.20 bits per heavy atom. The monoisotopic (exact) mass is 293 g/mol. The minimum atomic E-state index is -0.224. The summed E-state index contributed by atoms with van der Waals surface area (Å²) in [7, 11) is 0. The van der Waals surface area contributed by atoms with Crippen LogP contribution in [0.2, 0.25) is 0 Å². The minimum absolute atomic E-state index is 0.224. The summed E-state index contributed by atoms with van der Waals surface area (Å²) in [5.74, 6) is 3.36. The van der Waals surface area contributed by atoms with Crippen molar-refractivity contribution in [1.82, 2.24) is 10.1 Å². The number of hydrogen-bond acceptors (Lipinski definition) is 7. The number of hydrogen-bond donors (Lipinski definition) is 1. The Balaban J connectivity index is 1.79. The van der Waals surface area contributed by atoms with Crippen LogP contribution in [0.4, 0.5) is 0 Å². The van der Waals surface area contributed by atoms with Crippen LogP contribution in [-0.4, -0.2) is 28.9 Å². The molecule has 2 N–H and O–H groups in total. The zero-order valence-electron chi connectivity index (χ0n) is 11.0. The normalized spacial score (nSPS) is 14.5. The van der Waals surface area contributed by atoms with Crippen LogP contribution < -0.4 is 15.2 Å². The number of benzene rings is 1. The van der Waals surface area contributed by atoms with Crippen LogP contribution in [0.25, 0.3) is 11.4 Å². The van der Waals surface area contributed by atoms with Gasteiger partial charge in [0.2, 0.25) is 18.5 Å². The van der Waals surface area contributed by atoms with Gasteiger partial charge in [-0.15, -0.1) is 0 Å². The van der Waals surface area contributed by atoms with Gasteiger partial charge in [0.05, 0.1) is 6.04 Å². The highest BCUT2D eigenvalue weighted by Crippen LogP contribution is 2.35. The fourth-order valence-electron chi connectivity index (χ4n) is 1.91. The summed E-state index contributed by atoms with van der Waals surface area (Å²) in [5, 5.41) is 3.97. The quantitative estimate of drug-likeness (QED) is 0.904. The Kier molecular flexibility index (Phi) is 3.79. The van der Waals surface area contributed by atoms with Crippen molar-refractivity contribution in [2.45, 2.75) is 12.5 Å². The first-order valence-corrected chi connectivity index (χ1v) is 7.65. The summed E-state index contributed by atoms with van der Waals surface area (Å²) < 4.78 is 15.8. The maximum Gasteiger partial charge on any atom is 0.243 e. The number of nitrogens with two attached hydrogens (primary N) is 1. The topological polar surface area (TPSA) is 83.4 Å². The molecule has 1 aromatic carbocycles. The lowest BCUT2D eigenvalue weighted by Gasteiger charge is -2.03. The molecule has 2 aromatic rings. The van der Waals surface area contributed by atoms with E-state index in [4.69, 9.17) is 19.7 Å². The zero-order chi connectivity index (χ0) is 13.9. The predicted molar refractivity (Wildman–Crippen MR) is 75.8 cm³/mol. The molecule has 0 radical (unpaired) electrons. The molecular formula is C13H15N3O3S. The van der Waals surface area contributed by atoms with E-state index in [9.17, 15) is 0 Å². The molecule has 1 unspecified atom stereocenters. The van der Waals surface area contributed by atoms with Crippen molar-refractivity contribution in [1.29, 1.82) is 0 Å². The van der Waals surface area contributed by atoms with E-state index in [1.807, 2.05) is 24.5 Å². The lowest BCUT2D eigenvalue weighted by molar-refractivity contribution is 0.174. The highest BCUT2D eigenvalue weighted by molar-refractivity contribution is 7.98. The minimum Gasteiger partial charge on any atom is -0.454 e. The van der Waals surface area contributed by atoms with Crippen LogP contribution in [0, 0.1) is 0 Å². The zero-order valence-corrected chi connectivity index (χ0v) is 11.9. The lowest BCUT2D eigenvalue weighted by Crippen LogP contribution is -2.11. The van der Waals surface area contributed by atoms with Crippen LogP contribution in [0.1, 0.15) is 18.4 Å². The second kappa shape index (κ2) is 5.72. The van der Waals surface area contributed by atoms with Gasteiger partial charge in [0, 0.05) is 5.56 Å². The van der Waals surface area contributed by atoms with Gasteiger partial charge in [0.15, 0.2) is 11.5 Å². The molecule has 106 valence electrons. The van der Waals surface area contributed by atoms with Crippen molar-refractivity contribution >= 4 is 11.8 Å². The van der Waals surface area contributed by atoms with Crippen molar-refractivity contribution in [3.05, 3.63) is 24.1 Å². The van der Waals surface area contributed by atoms with Crippen LogP contribution >= 0.6 is 11.8 Å². The number of ether oxygens (including phenoxy) is 2. The molecule has 20 heavy (non-hydrogen) atoms. The van der Waals surface area contributed by atoms with E-state index in [0.717, 1.165) is 23.5 Å². The maximum atomic E-state index is 6.01. The Bertz CT molecular complexity index is 602. The molecule has 0 amide bonds. The summed E-state index contributed by atoms with van der Waals surface area (Å²) in [4.78, 5) is 4.35. The Morgan fingerprint density at radius 3 is 3.05 bits per heavy atom. The van der Waals surface area contributed by atoms with Crippen molar-refractivity contribution in [3.8, 4) is 22.9 Å². The van der Waals surface area contributed by atoms with Crippen LogP contribution in [0.3, 0.4) is 0 Å². The van der Waals surface area contributed by atoms with Gasteiger partial charge in [-0.3, -0.25) is 0 Å². The van der Waals surface area contributed by atoms with Gasteiger partial charge in [0.25, 0.3) is 0 Å². The second-order valence-corrected chi connectivity index (χ2v) is 5.40. The summed E-state index contributed by atoms with van der Waals surface area (Å²) in [5.41, 5.74) is 6.83. The van der Waals surface area contributed by atoms with Gasteiger partial charge in [-0.25, -0.2) is 0 Å². The molecule has 7 heteroatoms. The summed E-state index contributed by atoms with van der Waals surface area (Å²) in [6, 6.07) is 5.32. The van der Waals surface area contributed by atoms with Crippen molar-refractivity contribution in [3.63, 3.8) is 0 Å². The van der Waals surface area contributed by atoms with Gasteiger partial charge in [-0.2, -0.15) is 16.7 Å². The molecule has 0 spiro atoms. The van der Waals surface area contributed by atoms with E-state index in [2.05, 4.69) is 10.1 Å². The van der Waals surface area contributed by atoms with E-state index >= 15 is 0 Å². The van der Waals surface area contributed by atoms with E-state index in [0.29, 0.717) is 17.5 Å². The third kappa shape index (κ3) is 2.59. The van der Waals surface area contributed by atoms with Gasteiger partial charge < -0.3 is 19.7 Å². The molecule has 0 saturated heterocycles. The third-order valence-electron chi connectivity index (χ3n) is 3.02. The fourth-order valence-corrected chi connectivity index (χ4v) is 2.40. The molecule has 1 aliphatic rings. The van der Waals surface area contributed by atoms with E-state index in [1.54, 1.807) is 11.8 Å². The molecule has 0 aliphatic carbocycles. The van der Waals surface area contributed by atoms with Crippen molar-refractivity contribution in [2.75, 3.05) is 18.8 Å². The molecular weight excluding hydrogens is 278 g/mol. The molecule has 1 aromatic heterocycles. The van der Waals surface area contributed by atoms with Crippen molar-refractivity contribution < 1.29 is 14.0 Å². The van der Waals surface area contributed by atoms with Gasteiger partial charge in [-0.05, 0) is 36.6 Å². The molecule has 0 saturated carbocycles. The molecule has 1 atom stereocenters. The molecule has 2 heterocycles. The Hall–Kier alpha value is -1.73. The first-order valence-electron chi connectivity index (χ1n) is 6.26. The second-order valence-electron chi connectivity index (χ2n) is 4.41. The summed E-state index contributed by atoms with van der Waals surface area (Å²) in [6.45, 7) is 0.246. The van der Waals surface area contributed by atoms with E-state index < -0.39 is 0 Å². The first-order chi connectivity index (χ1) is 9.78. The number of thioether (sulfide) groups is 1. The predicted octanol–water partition coefficient (Wildman–Crippen LogP) is 2.22. The smallest absolute Gasteiger partial charge is 0.243 e. The van der Waals surface area contributed by atoms with E-state index in [-0.39, 0.29) is 12.8 Å². The Morgan fingerprint density at radius 1 is 1.35 bits per heavy atom. The average molecular weight is 293 g/mol. The van der Waals surface area contributed by atoms with Crippen LogP contribution in [0.15, 0.2) is 22.7 Å².